The van der Waals surface area contributed by atoms with E-state index in [1.165, 1.54) is 0 Å². The first kappa shape index (κ1) is 10.2. The largest absolute Gasteiger partial charge is 0.280 e. The summed E-state index contributed by atoms with van der Waals surface area (Å²) in [6, 6.07) is 0. The standard InChI is InChI=1S/C9H14F2N2/c1-5-6(8(10)11)12-13-7(5)9(2,3)4/h8H,1-4H3,(H,12,13). The van der Waals surface area contributed by atoms with Crippen LogP contribution in [-0.2, 0) is 5.41 Å². The van der Waals surface area contributed by atoms with Gasteiger partial charge in [-0.25, -0.2) is 8.78 Å². The molecule has 4 heteroatoms. The van der Waals surface area contributed by atoms with Gasteiger partial charge in [-0.05, 0) is 12.5 Å². The number of nitrogens with one attached hydrogen (secondary N) is 1. The summed E-state index contributed by atoms with van der Waals surface area (Å²) in [5.74, 6) is 0. The molecule has 0 unspecified atom stereocenters. The quantitative estimate of drug-likeness (QED) is 0.721. The van der Waals surface area contributed by atoms with Gasteiger partial charge in [0.05, 0.1) is 5.69 Å². The third-order valence-electron chi connectivity index (χ3n) is 1.98. The van der Waals surface area contributed by atoms with Crippen LogP contribution in [0.1, 0.15) is 44.1 Å². The molecule has 1 aromatic heterocycles. The van der Waals surface area contributed by atoms with Gasteiger partial charge >= 0.3 is 0 Å². The fourth-order valence-electron chi connectivity index (χ4n) is 1.35. The van der Waals surface area contributed by atoms with E-state index in [0.29, 0.717) is 11.3 Å². The van der Waals surface area contributed by atoms with Gasteiger partial charge in [-0.15, -0.1) is 0 Å². The molecule has 0 atom stereocenters. The van der Waals surface area contributed by atoms with E-state index in [1.54, 1.807) is 6.92 Å². The average Bonchev–Trinajstić information content (AvgIpc) is 2.28. The average molecular weight is 188 g/mol. The van der Waals surface area contributed by atoms with Gasteiger partial charge in [0.25, 0.3) is 6.43 Å². The number of nitrogens with zero attached hydrogens (tertiary/aromatic N) is 1. The fourth-order valence-corrected chi connectivity index (χ4v) is 1.35. The Balaban J connectivity index is 3.14. The van der Waals surface area contributed by atoms with E-state index in [0.717, 1.165) is 0 Å². The highest BCUT2D eigenvalue weighted by Crippen LogP contribution is 2.29. The summed E-state index contributed by atoms with van der Waals surface area (Å²) in [5, 5.41) is 6.28. The van der Waals surface area contributed by atoms with E-state index in [9.17, 15) is 8.78 Å². The summed E-state index contributed by atoms with van der Waals surface area (Å²) in [7, 11) is 0. The first-order valence-electron chi connectivity index (χ1n) is 4.17. The number of alkyl halides is 2. The number of rotatable bonds is 1. The number of hydrogen-bond acceptors (Lipinski definition) is 1. The molecule has 1 heterocycles. The van der Waals surface area contributed by atoms with Crippen molar-refractivity contribution in [2.45, 2.75) is 39.5 Å². The zero-order valence-corrected chi connectivity index (χ0v) is 8.28. The normalized spacial score (nSPS) is 12.5. The SMILES string of the molecule is Cc1c(C(C)(C)C)n[nH]c1C(F)F. The summed E-state index contributed by atoms with van der Waals surface area (Å²) in [6.07, 6.45) is -2.47. The van der Waals surface area contributed by atoms with E-state index in [1.807, 2.05) is 20.8 Å². The Morgan fingerprint density at radius 1 is 1.31 bits per heavy atom. The highest BCUT2D eigenvalue weighted by molar-refractivity contribution is 5.29. The number of hydrogen-bond donors (Lipinski definition) is 1. The van der Waals surface area contributed by atoms with Crippen molar-refractivity contribution in [3.8, 4) is 0 Å². The first-order valence-corrected chi connectivity index (χ1v) is 4.17. The van der Waals surface area contributed by atoms with Gasteiger partial charge in [-0.2, -0.15) is 5.10 Å². The molecule has 1 rings (SSSR count). The highest BCUT2D eigenvalue weighted by atomic mass is 19.3. The van der Waals surface area contributed by atoms with Crippen LogP contribution in [0.2, 0.25) is 0 Å². The third-order valence-corrected chi connectivity index (χ3v) is 1.98. The Bertz CT molecular complexity index is 297. The molecule has 13 heavy (non-hydrogen) atoms. The van der Waals surface area contributed by atoms with E-state index < -0.39 is 6.43 Å². The monoisotopic (exact) mass is 188 g/mol. The molecular weight excluding hydrogens is 174 g/mol. The second kappa shape index (κ2) is 3.09. The van der Waals surface area contributed by atoms with Crippen molar-refractivity contribution in [2.24, 2.45) is 0 Å². The van der Waals surface area contributed by atoms with Crippen LogP contribution in [-0.4, -0.2) is 10.2 Å². The molecule has 0 aliphatic carbocycles. The lowest BCUT2D eigenvalue weighted by Crippen LogP contribution is -2.13. The molecule has 0 saturated carbocycles. The maximum absolute atomic E-state index is 12.4. The van der Waals surface area contributed by atoms with Gasteiger partial charge in [-0.1, -0.05) is 20.8 Å². The van der Waals surface area contributed by atoms with Crippen molar-refractivity contribution >= 4 is 0 Å². The van der Waals surface area contributed by atoms with Gasteiger partial charge in [0, 0.05) is 5.41 Å². The van der Waals surface area contributed by atoms with E-state index in [4.69, 9.17) is 0 Å². The minimum atomic E-state index is -2.47. The van der Waals surface area contributed by atoms with Crippen molar-refractivity contribution in [3.63, 3.8) is 0 Å². The molecule has 0 saturated heterocycles. The van der Waals surface area contributed by atoms with Crippen molar-refractivity contribution < 1.29 is 8.78 Å². The lowest BCUT2D eigenvalue weighted by Gasteiger charge is -2.16. The van der Waals surface area contributed by atoms with Crippen LogP contribution in [0.3, 0.4) is 0 Å². The number of aromatic amines is 1. The fraction of sp³-hybridized carbons (Fsp3) is 0.667. The van der Waals surface area contributed by atoms with E-state index >= 15 is 0 Å². The molecule has 74 valence electrons. The lowest BCUT2D eigenvalue weighted by atomic mass is 9.89. The van der Waals surface area contributed by atoms with Crippen LogP contribution in [0.4, 0.5) is 8.78 Å². The minimum Gasteiger partial charge on any atom is -0.276 e. The Kier molecular flexibility index (Phi) is 2.41. The Labute approximate surface area is 76.3 Å². The maximum atomic E-state index is 12.4. The number of halogens is 2. The molecular formula is C9H14F2N2. The molecule has 0 aromatic carbocycles. The predicted molar refractivity (Wildman–Crippen MR) is 47.0 cm³/mol. The molecule has 1 aromatic rings. The van der Waals surface area contributed by atoms with E-state index in [2.05, 4.69) is 10.2 Å². The Morgan fingerprint density at radius 2 is 1.85 bits per heavy atom. The van der Waals surface area contributed by atoms with Crippen LogP contribution in [0, 0.1) is 6.92 Å². The summed E-state index contributed by atoms with van der Waals surface area (Å²) in [6.45, 7) is 7.52. The highest BCUT2D eigenvalue weighted by Gasteiger charge is 2.24. The van der Waals surface area contributed by atoms with Gasteiger partial charge in [0.15, 0.2) is 0 Å². The maximum Gasteiger partial charge on any atom is 0.280 e. The molecule has 0 aliphatic heterocycles. The smallest absolute Gasteiger partial charge is 0.276 e. The Morgan fingerprint density at radius 3 is 2.08 bits per heavy atom. The van der Waals surface area contributed by atoms with Crippen molar-refractivity contribution in [1.82, 2.24) is 10.2 Å². The summed E-state index contributed by atoms with van der Waals surface area (Å²) in [5.41, 5.74) is 1.03. The molecule has 0 fully saturated rings. The molecule has 0 aliphatic rings. The molecule has 2 nitrogen and oxygen atoms in total. The molecule has 0 spiro atoms. The third kappa shape index (κ3) is 1.87. The summed E-state index contributed by atoms with van der Waals surface area (Å²) < 4.78 is 24.7. The van der Waals surface area contributed by atoms with Crippen LogP contribution in [0.25, 0.3) is 0 Å². The van der Waals surface area contributed by atoms with Gasteiger partial charge < -0.3 is 0 Å². The van der Waals surface area contributed by atoms with E-state index in [-0.39, 0.29) is 11.1 Å². The minimum absolute atomic E-state index is 0.0649. The van der Waals surface area contributed by atoms with Crippen LogP contribution >= 0.6 is 0 Å². The van der Waals surface area contributed by atoms with Gasteiger partial charge in [0.2, 0.25) is 0 Å². The second-order valence-corrected chi connectivity index (χ2v) is 4.16. The van der Waals surface area contributed by atoms with Crippen molar-refractivity contribution in [2.75, 3.05) is 0 Å². The molecule has 1 N–H and O–H groups in total. The summed E-state index contributed by atoms with van der Waals surface area (Å²) in [4.78, 5) is 0. The van der Waals surface area contributed by atoms with Gasteiger partial charge in [0.1, 0.15) is 5.69 Å². The number of aromatic nitrogens is 2. The predicted octanol–water partition coefficient (Wildman–Crippen LogP) is 2.95. The first-order chi connectivity index (χ1) is 5.84. The topological polar surface area (TPSA) is 28.7 Å². The molecule has 0 radical (unpaired) electrons. The van der Waals surface area contributed by atoms with Crippen LogP contribution < -0.4 is 0 Å². The molecule has 0 amide bonds. The zero-order valence-electron chi connectivity index (χ0n) is 8.28. The zero-order chi connectivity index (χ0) is 10.2. The van der Waals surface area contributed by atoms with Gasteiger partial charge in [-0.3, -0.25) is 5.10 Å². The van der Waals surface area contributed by atoms with Crippen molar-refractivity contribution in [3.05, 3.63) is 17.0 Å². The summed E-state index contributed by atoms with van der Waals surface area (Å²) >= 11 is 0. The van der Waals surface area contributed by atoms with Crippen molar-refractivity contribution in [1.29, 1.82) is 0 Å². The number of H-pyrrole nitrogens is 1. The lowest BCUT2D eigenvalue weighted by molar-refractivity contribution is 0.145. The Hall–Kier alpha value is -0.930. The van der Waals surface area contributed by atoms with Crippen LogP contribution in [0.5, 0.6) is 0 Å². The van der Waals surface area contributed by atoms with Crippen LogP contribution in [0.15, 0.2) is 0 Å². The second-order valence-electron chi connectivity index (χ2n) is 4.16. The molecule has 0 bridgehead atoms.